The monoisotopic (exact) mass is 360 g/mol. The molecule has 26 heavy (non-hydrogen) atoms. The van der Waals surface area contributed by atoms with Gasteiger partial charge in [0.15, 0.2) is 11.6 Å². The van der Waals surface area contributed by atoms with E-state index in [-0.39, 0.29) is 11.6 Å². The van der Waals surface area contributed by atoms with Crippen molar-refractivity contribution in [2.75, 3.05) is 39.3 Å². The van der Waals surface area contributed by atoms with Crippen LogP contribution in [0.3, 0.4) is 0 Å². The molecule has 0 aliphatic carbocycles. The van der Waals surface area contributed by atoms with E-state index in [1.165, 1.54) is 7.11 Å². The molecule has 1 aromatic heterocycles. The highest BCUT2D eigenvalue weighted by Crippen LogP contribution is 2.23. The van der Waals surface area contributed by atoms with E-state index in [9.17, 15) is 4.39 Å². The smallest absolute Gasteiger partial charge is 0.228 e. The molecule has 1 aliphatic heterocycles. The van der Waals surface area contributed by atoms with E-state index < -0.39 is 0 Å². The molecule has 2 aromatic rings. The first-order valence-electron chi connectivity index (χ1n) is 8.75. The largest absolute Gasteiger partial charge is 0.494 e. The number of anilines is 1. The lowest BCUT2D eigenvalue weighted by Gasteiger charge is -2.37. The van der Waals surface area contributed by atoms with Crippen LogP contribution in [-0.2, 0) is 6.54 Å². The van der Waals surface area contributed by atoms with Gasteiger partial charge >= 0.3 is 0 Å². The zero-order valence-corrected chi connectivity index (χ0v) is 15.5. The van der Waals surface area contributed by atoms with E-state index in [4.69, 9.17) is 9.47 Å². The predicted octanol–water partition coefficient (Wildman–Crippen LogP) is 2.73. The Morgan fingerprint density at radius 3 is 2.85 bits per heavy atom. The molecule has 2 heterocycles. The van der Waals surface area contributed by atoms with Crippen LogP contribution in [0.5, 0.6) is 11.6 Å². The molecule has 6 nitrogen and oxygen atoms in total. The summed E-state index contributed by atoms with van der Waals surface area (Å²) in [4.78, 5) is 13.2. The number of piperidine rings is 1. The molecule has 140 valence electrons. The molecular formula is C19H25FN4O2. The van der Waals surface area contributed by atoms with Gasteiger partial charge in [-0.15, -0.1) is 0 Å². The minimum absolute atomic E-state index is 0.278. The van der Waals surface area contributed by atoms with Crippen LogP contribution in [0.15, 0.2) is 30.5 Å². The second-order valence-corrected chi connectivity index (χ2v) is 6.51. The maximum atomic E-state index is 13.9. The summed E-state index contributed by atoms with van der Waals surface area (Å²) in [5, 5.41) is 0. The van der Waals surface area contributed by atoms with Gasteiger partial charge in [-0.05, 0) is 37.1 Å². The zero-order valence-electron chi connectivity index (χ0n) is 15.5. The first-order valence-corrected chi connectivity index (χ1v) is 8.75. The Kier molecular flexibility index (Phi) is 5.88. The molecular weight excluding hydrogens is 335 g/mol. The summed E-state index contributed by atoms with van der Waals surface area (Å²) in [6, 6.07) is 7.20. The average Bonchev–Trinajstić information content (AvgIpc) is 2.68. The molecule has 7 heteroatoms. The van der Waals surface area contributed by atoms with E-state index >= 15 is 0 Å². The van der Waals surface area contributed by atoms with E-state index in [1.807, 2.05) is 13.1 Å². The lowest BCUT2D eigenvalue weighted by Crippen LogP contribution is -2.46. The van der Waals surface area contributed by atoms with Gasteiger partial charge < -0.3 is 14.4 Å². The Hall–Kier alpha value is -2.41. The molecule has 0 spiro atoms. The topological polar surface area (TPSA) is 50.7 Å². The van der Waals surface area contributed by atoms with E-state index in [1.54, 1.807) is 31.5 Å². The molecule has 1 saturated heterocycles. The Morgan fingerprint density at radius 2 is 2.12 bits per heavy atom. The van der Waals surface area contributed by atoms with Crippen molar-refractivity contribution in [3.8, 4) is 11.6 Å². The Labute approximate surface area is 153 Å². The molecule has 0 radical (unpaired) electrons. The summed E-state index contributed by atoms with van der Waals surface area (Å²) in [6.07, 6.45) is 3.86. The third-order valence-electron chi connectivity index (χ3n) is 4.79. The summed E-state index contributed by atoms with van der Waals surface area (Å²) < 4.78 is 24.1. The standard InChI is InChI=1S/C19H25FN4O2/c1-23(19-21-9-8-18(22-19)26-3)15-5-4-10-24(13-15)12-14-6-7-17(25-2)16(20)11-14/h6-9,11,15H,4-5,10,12-13H2,1-3H3. The number of nitrogens with zero attached hydrogens (tertiary/aromatic N) is 4. The van der Waals surface area contributed by atoms with Gasteiger partial charge in [0.25, 0.3) is 0 Å². The second kappa shape index (κ2) is 8.31. The first-order chi connectivity index (χ1) is 12.6. The summed E-state index contributed by atoms with van der Waals surface area (Å²) in [7, 11) is 5.09. The van der Waals surface area contributed by atoms with Gasteiger partial charge in [0.05, 0.1) is 14.2 Å². The molecule has 1 unspecified atom stereocenters. The molecule has 1 atom stereocenters. The lowest BCUT2D eigenvalue weighted by molar-refractivity contribution is 0.197. The highest BCUT2D eigenvalue weighted by atomic mass is 19.1. The third-order valence-corrected chi connectivity index (χ3v) is 4.79. The summed E-state index contributed by atoms with van der Waals surface area (Å²) in [6.45, 7) is 2.59. The van der Waals surface area contributed by atoms with Crippen molar-refractivity contribution >= 4 is 5.95 Å². The maximum Gasteiger partial charge on any atom is 0.228 e. The van der Waals surface area contributed by atoms with Crippen LogP contribution in [0.25, 0.3) is 0 Å². The summed E-state index contributed by atoms with van der Waals surface area (Å²) in [5.74, 6) is 1.18. The van der Waals surface area contributed by atoms with Crippen molar-refractivity contribution in [1.29, 1.82) is 0 Å². The lowest BCUT2D eigenvalue weighted by atomic mass is 10.0. The number of hydrogen-bond donors (Lipinski definition) is 0. The van der Waals surface area contributed by atoms with Crippen molar-refractivity contribution < 1.29 is 13.9 Å². The SMILES string of the molecule is COc1ccnc(N(C)C2CCCN(Cc3ccc(OC)c(F)c3)C2)n1. The number of hydrogen-bond acceptors (Lipinski definition) is 6. The molecule has 1 aromatic carbocycles. The number of aromatic nitrogens is 2. The van der Waals surface area contributed by atoms with Crippen molar-refractivity contribution in [2.24, 2.45) is 0 Å². The van der Waals surface area contributed by atoms with Crippen LogP contribution < -0.4 is 14.4 Å². The Bertz CT molecular complexity index is 743. The highest BCUT2D eigenvalue weighted by Gasteiger charge is 2.25. The maximum absolute atomic E-state index is 13.9. The number of halogens is 1. The van der Waals surface area contributed by atoms with Crippen molar-refractivity contribution in [3.63, 3.8) is 0 Å². The van der Waals surface area contributed by atoms with Crippen molar-refractivity contribution in [2.45, 2.75) is 25.4 Å². The second-order valence-electron chi connectivity index (χ2n) is 6.51. The average molecular weight is 360 g/mol. The van der Waals surface area contributed by atoms with Gasteiger partial charge in [-0.25, -0.2) is 9.37 Å². The van der Waals surface area contributed by atoms with E-state index in [0.29, 0.717) is 24.4 Å². The van der Waals surface area contributed by atoms with Gasteiger partial charge in [0.1, 0.15) is 0 Å². The van der Waals surface area contributed by atoms with Gasteiger partial charge in [-0.3, -0.25) is 4.90 Å². The molecule has 0 bridgehead atoms. The van der Waals surface area contributed by atoms with Crippen molar-refractivity contribution in [3.05, 3.63) is 41.8 Å². The number of likely N-dealkylation sites (tertiary alicyclic amines) is 1. The fraction of sp³-hybridized carbons (Fsp3) is 0.474. The molecule has 0 amide bonds. The van der Waals surface area contributed by atoms with Gasteiger partial charge in [-0.2, -0.15) is 4.98 Å². The van der Waals surface area contributed by atoms with Crippen LogP contribution in [-0.4, -0.2) is 55.3 Å². The highest BCUT2D eigenvalue weighted by molar-refractivity contribution is 5.33. The van der Waals surface area contributed by atoms with Crippen LogP contribution in [0.4, 0.5) is 10.3 Å². The van der Waals surface area contributed by atoms with Gasteiger partial charge in [0.2, 0.25) is 11.8 Å². The van der Waals surface area contributed by atoms with Crippen molar-refractivity contribution in [1.82, 2.24) is 14.9 Å². The molecule has 3 rings (SSSR count). The summed E-state index contributed by atoms with van der Waals surface area (Å²) >= 11 is 0. The minimum Gasteiger partial charge on any atom is -0.494 e. The van der Waals surface area contributed by atoms with E-state index in [2.05, 4.69) is 19.8 Å². The fourth-order valence-corrected chi connectivity index (χ4v) is 3.34. The number of ether oxygens (including phenoxy) is 2. The minimum atomic E-state index is -0.319. The normalized spacial score (nSPS) is 17.8. The summed E-state index contributed by atoms with van der Waals surface area (Å²) in [5.41, 5.74) is 0.948. The molecule has 0 N–H and O–H groups in total. The van der Waals surface area contributed by atoms with Gasteiger partial charge in [0, 0.05) is 38.4 Å². The number of likely N-dealkylation sites (N-methyl/N-ethyl adjacent to an activating group) is 1. The fourth-order valence-electron chi connectivity index (χ4n) is 3.34. The van der Waals surface area contributed by atoms with Crippen LogP contribution in [0, 0.1) is 5.82 Å². The Morgan fingerprint density at radius 1 is 1.27 bits per heavy atom. The Balaban J connectivity index is 1.66. The zero-order chi connectivity index (χ0) is 18.5. The van der Waals surface area contributed by atoms with Gasteiger partial charge in [-0.1, -0.05) is 6.07 Å². The first kappa shape index (κ1) is 18.4. The van der Waals surface area contributed by atoms with Crippen LogP contribution >= 0.6 is 0 Å². The third kappa shape index (κ3) is 4.22. The van der Waals surface area contributed by atoms with E-state index in [0.717, 1.165) is 31.5 Å². The number of benzene rings is 1. The number of methoxy groups -OCH3 is 2. The molecule has 1 aliphatic rings. The van der Waals surface area contributed by atoms with Crippen LogP contribution in [0.1, 0.15) is 18.4 Å². The predicted molar refractivity (Wildman–Crippen MR) is 98.2 cm³/mol. The van der Waals surface area contributed by atoms with Crippen LogP contribution in [0.2, 0.25) is 0 Å². The quantitative estimate of drug-likeness (QED) is 0.790. The number of rotatable bonds is 6. The molecule has 0 saturated carbocycles. The molecule has 1 fully saturated rings.